The highest BCUT2D eigenvalue weighted by Gasteiger charge is 2.13. The molecule has 20 heavy (non-hydrogen) atoms. The Hall–Kier alpha value is -1.95. The second kappa shape index (κ2) is 5.20. The van der Waals surface area contributed by atoms with Gasteiger partial charge in [-0.3, -0.25) is 4.57 Å². The van der Waals surface area contributed by atoms with Crippen molar-refractivity contribution in [2.24, 2.45) is 0 Å². The number of nitrogens with one attached hydrogen (secondary N) is 1. The van der Waals surface area contributed by atoms with Crippen molar-refractivity contribution < 1.29 is 0 Å². The van der Waals surface area contributed by atoms with Crippen molar-refractivity contribution in [2.45, 2.75) is 27.2 Å². The van der Waals surface area contributed by atoms with E-state index in [2.05, 4.69) is 40.2 Å². The fourth-order valence-electron chi connectivity index (χ4n) is 2.05. The minimum Gasteiger partial charge on any atom is -0.354 e. The maximum Gasteiger partial charge on any atom is 0.226 e. The van der Waals surface area contributed by atoms with Gasteiger partial charge in [0.15, 0.2) is 5.82 Å². The predicted octanol–water partition coefficient (Wildman–Crippen LogP) is 3.32. The van der Waals surface area contributed by atoms with Gasteiger partial charge >= 0.3 is 0 Å². The van der Waals surface area contributed by atoms with E-state index in [0.29, 0.717) is 5.95 Å². The number of aromatic nitrogens is 4. The number of rotatable bonds is 4. The second-order valence-electron chi connectivity index (χ2n) is 4.72. The molecule has 0 bridgehead atoms. The van der Waals surface area contributed by atoms with Gasteiger partial charge in [0.05, 0.1) is 11.1 Å². The molecule has 0 atom stereocenters. The minimum absolute atomic E-state index is 0.683. The molecule has 0 fully saturated rings. The normalized spacial score (nSPS) is 11.2. The smallest absolute Gasteiger partial charge is 0.226 e. The number of aryl methyl sites for hydroxylation is 1. The number of nitrogens with zero attached hydrogens (tertiary/aromatic N) is 4. The van der Waals surface area contributed by atoms with Crippen molar-refractivity contribution >= 4 is 27.5 Å². The summed E-state index contributed by atoms with van der Waals surface area (Å²) < 4.78 is 2.03. The van der Waals surface area contributed by atoms with E-state index in [-0.39, 0.29) is 0 Å². The lowest BCUT2D eigenvalue weighted by Crippen LogP contribution is -2.07. The summed E-state index contributed by atoms with van der Waals surface area (Å²) >= 11 is 1.63. The number of hydrogen-bond donors (Lipinski definition) is 1. The summed E-state index contributed by atoms with van der Waals surface area (Å²) in [4.78, 5) is 14.6. The van der Waals surface area contributed by atoms with Crippen LogP contribution < -0.4 is 5.32 Å². The van der Waals surface area contributed by atoms with Crippen LogP contribution in [0.15, 0.2) is 17.8 Å². The van der Waals surface area contributed by atoms with Gasteiger partial charge in [0.25, 0.3) is 0 Å². The van der Waals surface area contributed by atoms with Gasteiger partial charge in [-0.15, -0.1) is 11.3 Å². The summed E-state index contributed by atoms with van der Waals surface area (Å²) in [7, 11) is 0. The zero-order chi connectivity index (χ0) is 14.1. The molecule has 0 aromatic carbocycles. The zero-order valence-electron chi connectivity index (χ0n) is 11.8. The maximum atomic E-state index is 4.66. The molecule has 6 heteroatoms. The molecule has 3 rings (SSSR count). The average molecular weight is 287 g/mol. The van der Waals surface area contributed by atoms with Crippen LogP contribution in [0.2, 0.25) is 0 Å². The largest absolute Gasteiger partial charge is 0.354 e. The molecule has 0 saturated carbocycles. The fraction of sp³-hybridized carbons (Fsp3) is 0.357. The quantitative estimate of drug-likeness (QED) is 0.800. The standard InChI is InChI=1S/C14H17N5S/c1-4-6-15-14-17-12(11-5-7-20-13(11)18-14)19-8-16-9(2)10(19)3/h5,7-8H,4,6H2,1-3H3,(H,15,17,18). The average Bonchev–Trinajstić information content (AvgIpc) is 3.04. The third kappa shape index (κ3) is 2.16. The van der Waals surface area contributed by atoms with Gasteiger partial charge < -0.3 is 5.32 Å². The Balaban J connectivity index is 2.17. The third-order valence-electron chi connectivity index (χ3n) is 3.32. The Bertz CT molecular complexity index is 743. The summed E-state index contributed by atoms with van der Waals surface area (Å²) in [5.74, 6) is 1.58. The number of fused-ring (bicyclic) bond motifs is 1. The van der Waals surface area contributed by atoms with E-state index in [1.807, 2.05) is 23.2 Å². The molecule has 3 aromatic rings. The van der Waals surface area contributed by atoms with Gasteiger partial charge in [-0.1, -0.05) is 6.92 Å². The monoisotopic (exact) mass is 287 g/mol. The number of imidazole rings is 1. The first-order chi connectivity index (χ1) is 9.70. The highest BCUT2D eigenvalue weighted by molar-refractivity contribution is 7.16. The van der Waals surface area contributed by atoms with E-state index in [9.17, 15) is 0 Å². The van der Waals surface area contributed by atoms with Crippen molar-refractivity contribution in [1.82, 2.24) is 19.5 Å². The van der Waals surface area contributed by atoms with E-state index >= 15 is 0 Å². The van der Waals surface area contributed by atoms with Crippen LogP contribution >= 0.6 is 11.3 Å². The first-order valence-electron chi connectivity index (χ1n) is 6.70. The minimum atomic E-state index is 0.683. The summed E-state index contributed by atoms with van der Waals surface area (Å²) in [5.41, 5.74) is 2.13. The molecule has 3 heterocycles. The number of hydrogen-bond acceptors (Lipinski definition) is 5. The molecular formula is C14H17N5S. The van der Waals surface area contributed by atoms with Crippen LogP contribution in [0.1, 0.15) is 24.7 Å². The van der Waals surface area contributed by atoms with Gasteiger partial charge in [0.2, 0.25) is 5.95 Å². The molecule has 3 aromatic heterocycles. The predicted molar refractivity (Wildman–Crippen MR) is 82.8 cm³/mol. The Labute approximate surface area is 121 Å². The van der Waals surface area contributed by atoms with Crippen LogP contribution in [-0.4, -0.2) is 26.1 Å². The second-order valence-corrected chi connectivity index (χ2v) is 5.62. The lowest BCUT2D eigenvalue weighted by Gasteiger charge is -2.09. The topological polar surface area (TPSA) is 55.6 Å². The van der Waals surface area contributed by atoms with Crippen LogP contribution in [0.5, 0.6) is 0 Å². The molecule has 0 amide bonds. The Morgan fingerprint density at radius 3 is 2.85 bits per heavy atom. The first-order valence-corrected chi connectivity index (χ1v) is 7.58. The van der Waals surface area contributed by atoms with Crippen molar-refractivity contribution in [3.63, 3.8) is 0 Å². The van der Waals surface area contributed by atoms with Gasteiger partial charge in [0.1, 0.15) is 11.2 Å². The molecule has 0 radical (unpaired) electrons. The SMILES string of the molecule is CCCNc1nc(-n2cnc(C)c2C)c2ccsc2n1. The van der Waals surface area contributed by atoms with Crippen LogP contribution in [0.4, 0.5) is 5.95 Å². The van der Waals surface area contributed by atoms with Crippen LogP contribution in [0, 0.1) is 13.8 Å². The fourth-order valence-corrected chi connectivity index (χ4v) is 2.81. The Morgan fingerprint density at radius 2 is 2.15 bits per heavy atom. The van der Waals surface area contributed by atoms with E-state index in [0.717, 1.165) is 40.4 Å². The van der Waals surface area contributed by atoms with Crippen LogP contribution in [-0.2, 0) is 0 Å². The summed E-state index contributed by atoms with van der Waals surface area (Å²) in [6.07, 6.45) is 2.87. The van der Waals surface area contributed by atoms with Crippen molar-refractivity contribution in [1.29, 1.82) is 0 Å². The molecule has 0 spiro atoms. The van der Waals surface area contributed by atoms with Crippen molar-refractivity contribution in [3.05, 3.63) is 29.2 Å². The number of anilines is 1. The van der Waals surface area contributed by atoms with Crippen LogP contribution in [0.25, 0.3) is 16.0 Å². The third-order valence-corrected chi connectivity index (χ3v) is 4.12. The maximum absolute atomic E-state index is 4.66. The number of thiophene rings is 1. The molecule has 0 aliphatic carbocycles. The molecule has 0 aliphatic rings. The lowest BCUT2D eigenvalue weighted by molar-refractivity contribution is 0.926. The highest BCUT2D eigenvalue weighted by Crippen LogP contribution is 2.26. The lowest BCUT2D eigenvalue weighted by atomic mass is 10.3. The molecule has 104 valence electrons. The summed E-state index contributed by atoms with van der Waals surface area (Å²) in [6, 6.07) is 2.06. The van der Waals surface area contributed by atoms with Gasteiger partial charge in [-0.2, -0.15) is 4.98 Å². The van der Waals surface area contributed by atoms with E-state index < -0.39 is 0 Å². The Morgan fingerprint density at radius 1 is 1.30 bits per heavy atom. The summed E-state index contributed by atoms with van der Waals surface area (Å²) in [6.45, 7) is 7.06. The van der Waals surface area contributed by atoms with Gasteiger partial charge in [-0.05, 0) is 31.7 Å². The van der Waals surface area contributed by atoms with Crippen molar-refractivity contribution in [3.8, 4) is 5.82 Å². The van der Waals surface area contributed by atoms with Crippen molar-refractivity contribution in [2.75, 3.05) is 11.9 Å². The molecule has 1 N–H and O–H groups in total. The van der Waals surface area contributed by atoms with E-state index in [4.69, 9.17) is 0 Å². The molecule has 0 unspecified atom stereocenters. The van der Waals surface area contributed by atoms with E-state index in [1.54, 1.807) is 11.3 Å². The molecular weight excluding hydrogens is 270 g/mol. The molecule has 0 saturated heterocycles. The van der Waals surface area contributed by atoms with Gasteiger partial charge in [0, 0.05) is 12.2 Å². The molecule has 0 aliphatic heterocycles. The zero-order valence-corrected chi connectivity index (χ0v) is 12.7. The highest BCUT2D eigenvalue weighted by atomic mass is 32.1. The van der Waals surface area contributed by atoms with Crippen LogP contribution in [0.3, 0.4) is 0 Å². The first kappa shape index (κ1) is 13.1. The summed E-state index contributed by atoms with van der Waals surface area (Å²) in [5, 5.41) is 6.38. The Kier molecular flexibility index (Phi) is 3.40. The molecule has 5 nitrogen and oxygen atoms in total. The van der Waals surface area contributed by atoms with Gasteiger partial charge in [-0.25, -0.2) is 9.97 Å². The van der Waals surface area contributed by atoms with E-state index in [1.165, 1.54) is 0 Å².